The lowest BCUT2D eigenvalue weighted by Gasteiger charge is -2.16. The van der Waals surface area contributed by atoms with Gasteiger partial charge < -0.3 is 10.0 Å². The molecule has 4 nitrogen and oxygen atoms in total. The van der Waals surface area contributed by atoms with Gasteiger partial charge in [0.1, 0.15) is 11.3 Å². The standard InChI is InChI=1S/C7H10ClN3O/c1-11(2-3-12)7-6(8)4-9-5-10-7/h4-5,12H,2-3H2,1H3. The highest BCUT2D eigenvalue weighted by molar-refractivity contribution is 6.32. The van der Waals surface area contributed by atoms with E-state index in [4.69, 9.17) is 16.7 Å². The third-order valence-corrected chi connectivity index (χ3v) is 1.71. The molecule has 0 aliphatic rings. The molecule has 0 unspecified atom stereocenters. The molecule has 0 bridgehead atoms. The average molecular weight is 188 g/mol. The highest BCUT2D eigenvalue weighted by Gasteiger charge is 2.05. The molecule has 0 amide bonds. The van der Waals surface area contributed by atoms with Crippen LogP contribution in [0.15, 0.2) is 12.5 Å². The van der Waals surface area contributed by atoms with Gasteiger partial charge in [-0.15, -0.1) is 0 Å². The van der Waals surface area contributed by atoms with E-state index in [1.54, 1.807) is 4.90 Å². The molecule has 0 radical (unpaired) electrons. The molecule has 1 N–H and O–H groups in total. The number of hydrogen-bond acceptors (Lipinski definition) is 4. The van der Waals surface area contributed by atoms with E-state index in [1.807, 2.05) is 7.05 Å². The van der Waals surface area contributed by atoms with Crippen LogP contribution in [0.4, 0.5) is 5.82 Å². The minimum atomic E-state index is 0.0802. The van der Waals surface area contributed by atoms with Crippen molar-refractivity contribution in [1.29, 1.82) is 0 Å². The van der Waals surface area contributed by atoms with Crippen LogP contribution in [-0.2, 0) is 0 Å². The molecule has 5 heteroatoms. The van der Waals surface area contributed by atoms with Gasteiger partial charge >= 0.3 is 0 Å². The number of aromatic nitrogens is 2. The summed E-state index contributed by atoms with van der Waals surface area (Å²) in [6.45, 7) is 0.591. The van der Waals surface area contributed by atoms with Gasteiger partial charge in [-0.2, -0.15) is 0 Å². The van der Waals surface area contributed by atoms with Gasteiger partial charge in [0.2, 0.25) is 0 Å². The zero-order chi connectivity index (χ0) is 8.97. The van der Waals surface area contributed by atoms with Crippen LogP contribution in [-0.4, -0.2) is 35.3 Å². The molecule has 0 saturated carbocycles. The molecular weight excluding hydrogens is 178 g/mol. The van der Waals surface area contributed by atoms with E-state index < -0.39 is 0 Å². The van der Waals surface area contributed by atoms with E-state index >= 15 is 0 Å². The van der Waals surface area contributed by atoms with E-state index in [1.165, 1.54) is 12.5 Å². The third-order valence-electron chi connectivity index (χ3n) is 1.45. The Morgan fingerprint density at radius 2 is 2.42 bits per heavy atom. The van der Waals surface area contributed by atoms with Crippen molar-refractivity contribution in [2.24, 2.45) is 0 Å². The number of aliphatic hydroxyl groups excluding tert-OH is 1. The molecule has 0 aliphatic carbocycles. The molecule has 1 aromatic heterocycles. The second kappa shape index (κ2) is 4.23. The van der Waals surface area contributed by atoms with Gasteiger partial charge in [-0.3, -0.25) is 0 Å². The number of anilines is 1. The summed E-state index contributed by atoms with van der Waals surface area (Å²) in [5.74, 6) is 0.640. The fourth-order valence-corrected chi connectivity index (χ4v) is 1.09. The summed E-state index contributed by atoms with van der Waals surface area (Å²) >= 11 is 5.81. The molecule has 0 aromatic carbocycles. The Morgan fingerprint density at radius 1 is 1.67 bits per heavy atom. The molecule has 1 heterocycles. The molecule has 0 atom stereocenters. The van der Waals surface area contributed by atoms with Crippen LogP contribution in [0.3, 0.4) is 0 Å². The first-order chi connectivity index (χ1) is 5.75. The molecule has 66 valence electrons. The Labute approximate surface area is 75.8 Å². The minimum Gasteiger partial charge on any atom is -0.395 e. The number of nitrogens with zero attached hydrogens (tertiary/aromatic N) is 3. The normalized spacial score (nSPS) is 9.92. The average Bonchev–Trinajstić information content (AvgIpc) is 2.05. The predicted octanol–water partition coefficient (Wildman–Crippen LogP) is 0.558. The Balaban J connectivity index is 2.79. The van der Waals surface area contributed by atoms with Crippen LogP contribution in [0.5, 0.6) is 0 Å². The van der Waals surface area contributed by atoms with Crippen LogP contribution in [0.2, 0.25) is 5.02 Å². The number of rotatable bonds is 3. The van der Waals surface area contributed by atoms with Crippen LogP contribution >= 0.6 is 11.6 Å². The quantitative estimate of drug-likeness (QED) is 0.751. The van der Waals surface area contributed by atoms with E-state index in [0.717, 1.165) is 0 Å². The molecular formula is C7H10ClN3O. The molecule has 0 spiro atoms. The van der Waals surface area contributed by atoms with Crippen molar-refractivity contribution in [2.45, 2.75) is 0 Å². The van der Waals surface area contributed by atoms with Crippen molar-refractivity contribution < 1.29 is 5.11 Å². The molecule has 0 fully saturated rings. The molecule has 1 aromatic rings. The second-order valence-corrected chi connectivity index (χ2v) is 2.75. The summed E-state index contributed by atoms with van der Waals surface area (Å²) < 4.78 is 0. The summed E-state index contributed by atoms with van der Waals surface area (Å²) in [5, 5.41) is 9.15. The number of likely N-dealkylation sites (N-methyl/N-ethyl adjacent to an activating group) is 1. The van der Waals surface area contributed by atoms with Crippen molar-refractivity contribution in [3.05, 3.63) is 17.5 Å². The van der Waals surface area contributed by atoms with E-state index in [0.29, 0.717) is 17.4 Å². The summed E-state index contributed by atoms with van der Waals surface area (Å²) in [5.41, 5.74) is 0. The fraction of sp³-hybridized carbons (Fsp3) is 0.429. The fourth-order valence-electron chi connectivity index (χ4n) is 0.843. The smallest absolute Gasteiger partial charge is 0.150 e. The van der Waals surface area contributed by atoms with Gasteiger partial charge in [0.15, 0.2) is 5.82 Å². The first-order valence-corrected chi connectivity index (χ1v) is 3.91. The topological polar surface area (TPSA) is 49.2 Å². The molecule has 12 heavy (non-hydrogen) atoms. The maximum atomic E-state index is 8.66. The van der Waals surface area contributed by atoms with Gasteiger partial charge in [-0.1, -0.05) is 11.6 Å². The summed E-state index contributed by atoms with van der Waals surface area (Å²) in [6.07, 6.45) is 2.95. The summed E-state index contributed by atoms with van der Waals surface area (Å²) in [7, 11) is 1.81. The van der Waals surface area contributed by atoms with Gasteiger partial charge in [0.25, 0.3) is 0 Å². The van der Waals surface area contributed by atoms with Gasteiger partial charge in [-0.25, -0.2) is 9.97 Å². The van der Waals surface area contributed by atoms with E-state index in [-0.39, 0.29) is 6.61 Å². The zero-order valence-corrected chi connectivity index (χ0v) is 7.49. The highest BCUT2D eigenvalue weighted by Crippen LogP contribution is 2.19. The lowest BCUT2D eigenvalue weighted by atomic mass is 10.5. The maximum Gasteiger partial charge on any atom is 0.150 e. The van der Waals surface area contributed by atoms with Gasteiger partial charge in [0, 0.05) is 13.6 Å². The van der Waals surface area contributed by atoms with E-state index in [2.05, 4.69) is 9.97 Å². The van der Waals surface area contributed by atoms with Crippen molar-refractivity contribution in [1.82, 2.24) is 9.97 Å². The zero-order valence-electron chi connectivity index (χ0n) is 6.74. The van der Waals surface area contributed by atoms with Crippen molar-refractivity contribution in [3.8, 4) is 0 Å². The largest absolute Gasteiger partial charge is 0.395 e. The predicted molar refractivity (Wildman–Crippen MR) is 47.4 cm³/mol. The SMILES string of the molecule is CN(CCO)c1ncncc1Cl. The monoisotopic (exact) mass is 187 g/mol. The first-order valence-electron chi connectivity index (χ1n) is 3.53. The van der Waals surface area contributed by atoms with Crippen LogP contribution in [0.1, 0.15) is 0 Å². The Kier molecular flexibility index (Phi) is 3.25. The number of halogens is 1. The highest BCUT2D eigenvalue weighted by atomic mass is 35.5. The molecule has 0 saturated heterocycles. The lowest BCUT2D eigenvalue weighted by Crippen LogP contribution is -2.22. The third kappa shape index (κ3) is 2.06. The maximum absolute atomic E-state index is 8.66. The van der Waals surface area contributed by atoms with Gasteiger partial charge in [-0.05, 0) is 0 Å². The Hall–Kier alpha value is -0.870. The first kappa shape index (κ1) is 9.22. The van der Waals surface area contributed by atoms with Crippen molar-refractivity contribution in [2.75, 3.05) is 25.1 Å². The van der Waals surface area contributed by atoms with Crippen molar-refractivity contribution >= 4 is 17.4 Å². The summed E-state index contributed by atoms with van der Waals surface area (Å²) in [4.78, 5) is 9.49. The van der Waals surface area contributed by atoms with Crippen LogP contribution in [0, 0.1) is 0 Å². The van der Waals surface area contributed by atoms with Gasteiger partial charge in [0.05, 0.1) is 12.8 Å². The van der Waals surface area contributed by atoms with Crippen LogP contribution in [0.25, 0.3) is 0 Å². The molecule has 0 aliphatic heterocycles. The molecule has 1 rings (SSSR count). The second-order valence-electron chi connectivity index (χ2n) is 2.34. The van der Waals surface area contributed by atoms with Crippen LogP contribution < -0.4 is 4.90 Å². The lowest BCUT2D eigenvalue weighted by molar-refractivity contribution is 0.304. The minimum absolute atomic E-state index is 0.0802. The Morgan fingerprint density at radius 3 is 3.00 bits per heavy atom. The van der Waals surface area contributed by atoms with Crippen molar-refractivity contribution in [3.63, 3.8) is 0 Å². The number of aliphatic hydroxyl groups is 1. The van der Waals surface area contributed by atoms with E-state index in [9.17, 15) is 0 Å². The number of hydrogen-bond donors (Lipinski definition) is 1. The Bertz CT molecular complexity index is 256. The summed E-state index contributed by atoms with van der Waals surface area (Å²) in [6, 6.07) is 0.